The molecule has 0 amide bonds. The number of hydrogen-bond donors (Lipinski definition) is 0. The minimum Gasteiger partial charge on any atom is -0.481 e. The Morgan fingerprint density at radius 1 is 1.23 bits per heavy atom. The van der Waals surface area contributed by atoms with Crippen LogP contribution in [-0.4, -0.2) is 18.5 Å². The van der Waals surface area contributed by atoms with Crippen LogP contribution in [0.15, 0.2) is 18.2 Å². The average molecular weight is 193 g/mol. The molecular formula is C7H6F3NO2. The summed E-state index contributed by atoms with van der Waals surface area (Å²) in [5.74, 6) is -0.464. The van der Waals surface area contributed by atoms with Crippen LogP contribution in [0.25, 0.3) is 0 Å². The molecule has 0 saturated carbocycles. The third kappa shape index (κ3) is 3.18. The Morgan fingerprint density at radius 3 is 2.38 bits per heavy atom. The fourth-order valence-electron chi connectivity index (χ4n) is 0.685. The number of ether oxygens (including phenoxy) is 2. The van der Waals surface area contributed by atoms with Gasteiger partial charge < -0.3 is 9.47 Å². The smallest absolute Gasteiger partial charge is 0.481 e. The molecule has 13 heavy (non-hydrogen) atoms. The molecule has 0 radical (unpaired) electrons. The Morgan fingerprint density at radius 2 is 1.85 bits per heavy atom. The summed E-state index contributed by atoms with van der Waals surface area (Å²) < 4.78 is 43.2. The lowest BCUT2D eigenvalue weighted by molar-refractivity contribution is -0.276. The Hall–Kier alpha value is -1.46. The first kappa shape index (κ1) is 9.63. The van der Waals surface area contributed by atoms with Gasteiger partial charge in [-0.15, -0.1) is 13.2 Å². The fourth-order valence-corrected chi connectivity index (χ4v) is 0.685. The van der Waals surface area contributed by atoms with Crippen LogP contribution in [0.3, 0.4) is 0 Å². The van der Waals surface area contributed by atoms with Crippen LogP contribution in [0.1, 0.15) is 0 Å². The second-order valence-corrected chi connectivity index (χ2v) is 2.07. The van der Waals surface area contributed by atoms with Gasteiger partial charge in [-0.05, 0) is 0 Å². The van der Waals surface area contributed by atoms with E-state index in [0.29, 0.717) is 0 Å². The highest BCUT2D eigenvalue weighted by Gasteiger charge is 2.31. The predicted octanol–water partition coefficient (Wildman–Crippen LogP) is 1.99. The van der Waals surface area contributed by atoms with E-state index in [1.807, 2.05) is 0 Å². The molecule has 0 saturated heterocycles. The van der Waals surface area contributed by atoms with E-state index in [9.17, 15) is 13.2 Å². The summed E-state index contributed by atoms with van der Waals surface area (Å²) in [6, 6.07) is 3.87. The zero-order chi connectivity index (χ0) is 9.90. The van der Waals surface area contributed by atoms with Crippen molar-refractivity contribution in [2.24, 2.45) is 0 Å². The normalized spacial score (nSPS) is 11.1. The van der Waals surface area contributed by atoms with Crippen LogP contribution in [0, 0.1) is 0 Å². The molecule has 0 aliphatic carbocycles. The molecule has 0 aliphatic rings. The SMILES string of the molecule is COc1cccc(OC(F)(F)F)n1. The summed E-state index contributed by atoms with van der Waals surface area (Å²) in [5.41, 5.74) is 0. The maximum atomic E-state index is 11.7. The molecule has 0 unspecified atom stereocenters. The molecule has 0 fully saturated rings. The van der Waals surface area contributed by atoms with E-state index in [1.165, 1.54) is 19.2 Å². The molecule has 0 spiro atoms. The molecule has 0 bridgehead atoms. The molecule has 72 valence electrons. The van der Waals surface area contributed by atoms with Crippen molar-refractivity contribution in [2.75, 3.05) is 7.11 Å². The summed E-state index contributed by atoms with van der Waals surface area (Å²) in [5, 5.41) is 0. The molecule has 1 aromatic heterocycles. The summed E-state index contributed by atoms with van der Waals surface area (Å²) in [6.45, 7) is 0. The first-order valence-electron chi connectivity index (χ1n) is 3.28. The third-order valence-electron chi connectivity index (χ3n) is 1.13. The van der Waals surface area contributed by atoms with Crippen LogP contribution >= 0.6 is 0 Å². The van der Waals surface area contributed by atoms with Crippen molar-refractivity contribution < 1.29 is 22.6 Å². The number of alkyl halides is 3. The Kier molecular flexibility index (Phi) is 2.60. The minimum atomic E-state index is -4.72. The number of rotatable bonds is 2. The van der Waals surface area contributed by atoms with Gasteiger partial charge in [0.05, 0.1) is 7.11 Å². The Bertz CT molecular complexity index is 287. The highest BCUT2D eigenvalue weighted by Crippen LogP contribution is 2.22. The molecule has 3 nitrogen and oxygen atoms in total. The van der Waals surface area contributed by atoms with Crippen LogP contribution in [0.4, 0.5) is 13.2 Å². The van der Waals surface area contributed by atoms with Gasteiger partial charge in [-0.2, -0.15) is 4.98 Å². The van der Waals surface area contributed by atoms with E-state index in [1.54, 1.807) is 0 Å². The largest absolute Gasteiger partial charge is 0.574 e. The quantitative estimate of drug-likeness (QED) is 0.719. The summed E-state index contributed by atoms with van der Waals surface area (Å²) in [7, 11) is 1.31. The van der Waals surface area contributed by atoms with E-state index in [-0.39, 0.29) is 5.88 Å². The van der Waals surface area contributed by atoms with Crippen molar-refractivity contribution in [3.8, 4) is 11.8 Å². The third-order valence-corrected chi connectivity index (χ3v) is 1.13. The summed E-state index contributed by atoms with van der Waals surface area (Å²) in [4.78, 5) is 3.41. The van der Waals surface area contributed by atoms with Gasteiger partial charge in [0.1, 0.15) is 0 Å². The van der Waals surface area contributed by atoms with Crippen molar-refractivity contribution in [3.05, 3.63) is 18.2 Å². The summed E-state index contributed by atoms with van der Waals surface area (Å²) >= 11 is 0. The molecule has 1 aromatic rings. The van der Waals surface area contributed by atoms with Gasteiger partial charge in [0.2, 0.25) is 11.8 Å². The van der Waals surface area contributed by atoms with Gasteiger partial charge in [-0.3, -0.25) is 0 Å². The zero-order valence-electron chi connectivity index (χ0n) is 6.63. The van der Waals surface area contributed by atoms with Gasteiger partial charge in [-0.1, -0.05) is 6.07 Å². The fraction of sp³-hybridized carbons (Fsp3) is 0.286. The van der Waals surface area contributed by atoms with E-state index in [0.717, 1.165) is 6.07 Å². The van der Waals surface area contributed by atoms with E-state index < -0.39 is 12.2 Å². The molecule has 0 atom stereocenters. The van der Waals surface area contributed by atoms with Gasteiger partial charge in [-0.25, -0.2) is 0 Å². The van der Waals surface area contributed by atoms with Gasteiger partial charge >= 0.3 is 6.36 Å². The van der Waals surface area contributed by atoms with Gasteiger partial charge in [0.25, 0.3) is 0 Å². The number of aromatic nitrogens is 1. The monoisotopic (exact) mass is 193 g/mol. The lowest BCUT2D eigenvalue weighted by atomic mass is 10.5. The number of methoxy groups -OCH3 is 1. The summed E-state index contributed by atoms with van der Waals surface area (Å²) in [6.07, 6.45) is -4.72. The van der Waals surface area contributed by atoms with Crippen molar-refractivity contribution in [3.63, 3.8) is 0 Å². The predicted molar refractivity (Wildman–Crippen MR) is 37.5 cm³/mol. The second kappa shape index (κ2) is 3.51. The molecule has 1 heterocycles. The molecule has 0 aromatic carbocycles. The zero-order valence-corrected chi connectivity index (χ0v) is 6.63. The lowest BCUT2D eigenvalue weighted by Crippen LogP contribution is -2.17. The highest BCUT2D eigenvalue weighted by molar-refractivity contribution is 5.19. The minimum absolute atomic E-state index is 0.0711. The number of halogens is 3. The average Bonchev–Trinajstić information content (AvgIpc) is 2.01. The van der Waals surface area contributed by atoms with Crippen molar-refractivity contribution >= 4 is 0 Å². The molecule has 0 aliphatic heterocycles. The number of pyridine rings is 1. The molecule has 1 rings (SSSR count). The Balaban J connectivity index is 2.78. The number of hydrogen-bond acceptors (Lipinski definition) is 3. The standard InChI is InChI=1S/C7H6F3NO2/c1-12-5-3-2-4-6(11-5)13-7(8,9)10/h2-4H,1H3. The second-order valence-electron chi connectivity index (χ2n) is 2.07. The van der Waals surface area contributed by atoms with Crippen molar-refractivity contribution in [2.45, 2.75) is 6.36 Å². The first-order valence-corrected chi connectivity index (χ1v) is 3.28. The maximum absolute atomic E-state index is 11.7. The lowest BCUT2D eigenvalue weighted by Gasteiger charge is -2.07. The van der Waals surface area contributed by atoms with Crippen LogP contribution in [0.2, 0.25) is 0 Å². The highest BCUT2D eigenvalue weighted by atomic mass is 19.4. The number of nitrogens with zero attached hydrogens (tertiary/aromatic N) is 1. The van der Waals surface area contributed by atoms with Crippen LogP contribution in [-0.2, 0) is 0 Å². The maximum Gasteiger partial charge on any atom is 0.574 e. The van der Waals surface area contributed by atoms with Crippen LogP contribution < -0.4 is 9.47 Å². The van der Waals surface area contributed by atoms with E-state index >= 15 is 0 Å². The first-order chi connectivity index (χ1) is 6.01. The topological polar surface area (TPSA) is 31.4 Å². The van der Waals surface area contributed by atoms with E-state index in [4.69, 9.17) is 0 Å². The van der Waals surface area contributed by atoms with E-state index in [2.05, 4.69) is 14.5 Å². The van der Waals surface area contributed by atoms with Crippen molar-refractivity contribution in [1.29, 1.82) is 0 Å². The molecule has 0 N–H and O–H groups in total. The van der Waals surface area contributed by atoms with Crippen molar-refractivity contribution in [1.82, 2.24) is 4.98 Å². The molecule has 6 heteroatoms. The molecular weight excluding hydrogens is 187 g/mol. The van der Waals surface area contributed by atoms with Gasteiger partial charge in [0, 0.05) is 12.1 Å². The van der Waals surface area contributed by atoms with Gasteiger partial charge in [0.15, 0.2) is 0 Å². The Labute approximate surface area is 72.1 Å². The van der Waals surface area contributed by atoms with Crippen LogP contribution in [0.5, 0.6) is 11.8 Å².